The van der Waals surface area contributed by atoms with Gasteiger partial charge in [-0.05, 0) is 24.3 Å². The lowest BCUT2D eigenvalue weighted by molar-refractivity contribution is -0.138. The van der Waals surface area contributed by atoms with Gasteiger partial charge in [-0.3, -0.25) is 9.59 Å². The molecular formula is C16H15F3N2O3. The van der Waals surface area contributed by atoms with Crippen LogP contribution in [-0.4, -0.2) is 53.1 Å². The molecule has 3 heterocycles. The number of likely N-dealkylation sites (tertiary alicyclic amines) is 1. The molecule has 3 saturated heterocycles. The number of hydrogen-bond acceptors (Lipinski definition) is 3. The first-order valence-electron chi connectivity index (χ1n) is 7.75. The van der Waals surface area contributed by atoms with E-state index in [4.69, 9.17) is 4.74 Å². The average molecular weight is 340 g/mol. The van der Waals surface area contributed by atoms with Crippen molar-refractivity contribution in [2.45, 2.75) is 30.8 Å². The number of hydrogen-bond donors (Lipinski definition) is 0. The number of carbonyl (C=O) groups is 2. The standard InChI is InChI=1S/C16H15F3N2O3/c17-16(18,19)11-3-1-10(2-4-11)14(23)20-6-5-15-12(20)9-13(22)21(15)7-8-24-15/h1-4,12H,5-9H2/t12-,15+/m1/s1. The van der Waals surface area contributed by atoms with Crippen molar-refractivity contribution in [3.8, 4) is 0 Å². The van der Waals surface area contributed by atoms with Crippen molar-refractivity contribution >= 4 is 11.8 Å². The van der Waals surface area contributed by atoms with Gasteiger partial charge in [0.25, 0.3) is 5.91 Å². The van der Waals surface area contributed by atoms with E-state index in [1.807, 2.05) is 0 Å². The molecule has 0 aliphatic carbocycles. The first-order chi connectivity index (χ1) is 11.3. The van der Waals surface area contributed by atoms with E-state index >= 15 is 0 Å². The second-order valence-corrected chi connectivity index (χ2v) is 6.28. The minimum atomic E-state index is -4.44. The average Bonchev–Trinajstić information content (AvgIpc) is 3.17. The number of halogens is 3. The number of nitrogens with zero attached hydrogens (tertiary/aromatic N) is 2. The minimum absolute atomic E-state index is 0.0394. The van der Waals surface area contributed by atoms with Crippen LogP contribution in [0, 0.1) is 0 Å². The van der Waals surface area contributed by atoms with Crippen molar-refractivity contribution in [3.63, 3.8) is 0 Å². The van der Waals surface area contributed by atoms with Gasteiger partial charge in [-0.2, -0.15) is 13.2 Å². The van der Waals surface area contributed by atoms with Crippen LogP contribution in [0.2, 0.25) is 0 Å². The largest absolute Gasteiger partial charge is 0.416 e. The Morgan fingerprint density at radius 2 is 1.92 bits per heavy atom. The molecule has 8 heteroatoms. The highest BCUT2D eigenvalue weighted by molar-refractivity contribution is 5.96. The van der Waals surface area contributed by atoms with Crippen LogP contribution in [-0.2, 0) is 15.7 Å². The van der Waals surface area contributed by atoms with Gasteiger partial charge in [0, 0.05) is 25.1 Å². The normalized spacial score (nSPS) is 29.1. The van der Waals surface area contributed by atoms with Crippen LogP contribution in [0.3, 0.4) is 0 Å². The summed E-state index contributed by atoms with van der Waals surface area (Å²) in [6, 6.07) is 3.79. The molecule has 128 valence electrons. The molecule has 4 rings (SSSR count). The van der Waals surface area contributed by atoms with E-state index in [1.54, 1.807) is 9.80 Å². The fourth-order valence-electron chi connectivity index (χ4n) is 4.00. The van der Waals surface area contributed by atoms with Gasteiger partial charge >= 0.3 is 6.18 Å². The Bertz CT molecular complexity index is 704. The highest BCUT2D eigenvalue weighted by Crippen LogP contribution is 2.46. The summed E-state index contributed by atoms with van der Waals surface area (Å²) in [5.74, 6) is -0.404. The van der Waals surface area contributed by atoms with E-state index in [1.165, 1.54) is 12.1 Å². The van der Waals surface area contributed by atoms with Gasteiger partial charge < -0.3 is 14.5 Å². The smallest absolute Gasteiger partial charge is 0.351 e. The maximum Gasteiger partial charge on any atom is 0.416 e. The summed E-state index contributed by atoms with van der Waals surface area (Å²) in [7, 11) is 0. The van der Waals surface area contributed by atoms with E-state index in [2.05, 4.69) is 0 Å². The zero-order chi connectivity index (χ0) is 17.1. The van der Waals surface area contributed by atoms with Crippen molar-refractivity contribution in [3.05, 3.63) is 35.4 Å². The number of alkyl halides is 3. The maximum absolute atomic E-state index is 12.7. The lowest BCUT2D eigenvalue weighted by atomic mass is 10.1. The molecule has 24 heavy (non-hydrogen) atoms. The Labute approximate surface area is 136 Å². The van der Waals surface area contributed by atoms with Crippen LogP contribution in [0.25, 0.3) is 0 Å². The minimum Gasteiger partial charge on any atom is -0.351 e. The summed E-state index contributed by atoms with van der Waals surface area (Å²) in [6.45, 7) is 1.40. The molecule has 1 aromatic rings. The molecule has 2 amide bonds. The first-order valence-corrected chi connectivity index (χ1v) is 7.75. The number of ether oxygens (including phenoxy) is 1. The predicted octanol–water partition coefficient (Wildman–Crippen LogP) is 1.88. The van der Waals surface area contributed by atoms with Crippen LogP contribution >= 0.6 is 0 Å². The molecule has 1 aromatic carbocycles. The highest BCUT2D eigenvalue weighted by atomic mass is 19.4. The van der Waals surface area contributed by atoms with E-state index < -0.39 is 17.5 Å². The number of rotatable bonds is 1. The van der Waals surface area contributed by atoms with Crippen molar-refractivity contribution in [2.75, 3.05) is 19.7 Å². The molecule has 0 radical (unpaired) electrons. The van der Waals surface area contributed by atoms with Gasteiger partial charge in [0.15, 0.2) is 5.72 Å². The first kappa shape index (κ1) is 15.4. The third-order valence-electron chi connectivity index (χ3n) is 5.12. The van der Waals surface area contributed by atoms with Crippen LogP contribution in [0.4, 0.5) is 13.2 Å². The predicted molar refractivity (Wildman–Crippen MR) is 75.9 cm³/mol. The Morgan fingerprint density at radius 3 is 2.58 bits per heavy atom. The molecule has 0 aromatic heterocycles. The maximum atomic E-state index is 12.7. The van der Waals surface area contributed by atoms with Crippen molar-refractivity contribution in [1.29, 1.82) is 0 Å². The van der Waals surface area contributed by atoms with Crippen molar-refractivity contribution in [1.82, 2.24) is 9.80 Å². The lowest BCUT2D eigenvalue weighted by Crippen LogP contribution is -2.48. The summed E-state index contributed by atoms with van der Waals surface area (Å²) < 4.78 is 43.7. The van der Waals surface area contributed by atoms with Crippen LogP contribution in [0.5, 0.6) is 0 Å². The molecule has 2 atom stereocenters. The molecule has 0 bridgehead atoms. The van der Waals surface area contributed by atoms with Crippen molar-refractivity contribution in [2.24, 2.45) is 0 Å². The van der Waals surface area contributed by atoms with Gasteiger partial charge in [-0.15, -0.1) is 0 Å². The number of carbonyl (C=O) groups excluding carboxylic acids is 2. The molecular weight excluding hydrogens is 325 g/mol. The molecule has 0 unspecified atom stereocenters. The van der Waals surface area contributed by atoms with Gasteiger partial charge in [-0.1, -0.05) is 0 Å². The molecule has 5 nitrogen and oxygen atoms in total. The Hall–Kier alpha value is -2.09. The summed E-state index contributed by atoms with van der Waals surface area (Å²) in [5, 5.41) is 0. The van der Waals surface area contributed by atoms with E-state index in [-0.39, 0.29) is 29.8 Å². The number of amides is 2. The Morgan fingerprint density at radius 1 is 1.21 bits per heavy atom. The molecule has 1 spiro atoms. The number of benzene rings is 1. The van der Waals surface area contributed by atoms with Gasteiger partial charge in [0.05, 0.1) is 24.6 Å². The molecule has 0 N–H and O–H groups in total. The third-order valence-corrected chi connectivity index (χ3v) is 5.12. The van der Waals surface area contributed by atoms with Crippen LogP contribution in [0.1, 0.15) is 28.8 Å². The summed E-state index contributed by atoms with van der Waals surface area (Å²) in [6.07, 6.45) is -3.70. The Balaban J connectivity index is 1.59. The zero-order valence-corrected chi connectivity index (χ0v) is 12.7. The quantitative estimate of drug-likeness (QED) is 0.784. The fraction of sp³-hybridized carbons (Fsp3) is 0.500. The van der Waals surface area contributed by atoms with E-state index in [0.717, 1.165) is 12.1 Å². The molecule has 3 fully saturated rings. The highest BCUT2D eigenvalue weighted by Gasteiger charge is 2.62. The summed E-state index contributed by atoms with van der Waals surface area (Å²) >= 11 is 0. The SMILES string of the molecule is O=C(c1ccc(C(F)(F)F)cc1)N1CC[C@@]23OCCN2C(=O)C[C@@H]13. The van der Waals surface area contributed by atoms with Gasteiger partial charge in [0.1, 0.15) is 0 Å². The molecule has 3 aliphatic rings. The zero-order valence-electron chi connectivity index (χ0n) is 12.7. The third kappa shape index (κ3) is 2.05. The molecule has 0 saturated carbocycles. The van der Waals surface area contributed by atoms with Crippen molar-refractivity contribution < 1.29 is 27.5 Å². The second kappa shape index (κ2) is 4.95. The van der Waals surface area contributed by atoms with E-state index in [9.17, 15) is 22.8 Å². The summed E-state index contributed by atoms with van der Waals surface area (Å²) in [4.78, 5) is 28.1. The monoisotopic (exact) mass is 340 g/mol. The molecule has 3 aliphatic heterocycles. The Kier molecular flexibility index (Phi) is 3.19. The van der Waals surface area contributed by atoms with Crippen LogP contribution < -0.4 is 0 Å². The fourth-order valence-corrected chi connectivity index (χ4v) is 4.00. The topological polar surface area (TPSA) is 49.9 Å². The van der Waals surface area contributed by atoms with Gasteiger partial charge in [-0.25, -0.2) is 0 Å². The van der Waals surface area contributed by atoms with E-state index in [0.29, 0.717) is 26.1 Å². The van der Waals surface area contributed by atoms with Crippen LogP contribution in [0.15, 0.2) is 24.3 Å². The second-order valence-electron chi connectivity index (χ2n) is 6.28. The summed E-state index contributed by atoms with van der Waals surface area (Å²) in [5.41, 5.74) is -1.35. The lowest BCUT2D eigenvalue weighted by Gasteiger charge is -2.31. The van der Waals surface area contributed by atoms with Gasteiger partial charge in [0.2, 0.25) is 5.91 Å².